The molecular weight excluding hydrogens is 368 g/mol. The number of carbonyl (C=O) groups is 1. The summed E-state index contributed by atoms with van der Waals surface area (Å²) in [5.74, 6) is -0.580. The number of aromatic nitrogens is 1. The molecule has 1 heterocycles. The largest absolute Gasteiger partial charge is 0.447 e. The number of esters is 1. The van der Waals surface area contributed by atoms with Gasteiger partial charge in [0.25, 0.3) is 5.69 Å². The minimum Gasteiger partial charge on any atom is -0.447 e. The van der Waals surface area contributed by atoms with Gasteiger partial charge in [-0.1, -0.05) is 54.6 Å². The molecule has 0 unspecified atom stereocenters. The van der Waals surface area contributed by atoms with Crippen molar-refractivity contribution in [3.8, 4) is 0 Å². The van der Waals surface area contributed by atoms with Gasteiger partial charge in [0.15, 0.2) is 6.10 Å². The summed E-state index contributed by atoms with van der Waals surface area (Å²) in [6, 6.07) is 24.4. The minimum atomic E-state index is -0.718. The van der Waals surface area contributed by atoms with E-state index < -0.39 is 17.0 Å². The van der Waals surface area contributed by atoms with Gasteiger partial charge in [-0.3, -0.25) is 15.1 Å². The molecular formula is C23H16N2O4. The van der Waals surface area contributed by atoms with Crippen LogP contribution in [0.1, 0.15) is 27.7 Å². The number of ether oxygens (including phenoxy) is 1. The molecule has 1 atom stereocenters. The number of non-ortho nitro benzene ring substituents is 1. The van der Waals surface area contributed by atoms with Gasteiger partial charge < -0.3 is 4.74 Å². The molecule has 0 bridgehead atoms. The topological polar surface area (TPSA) is 82.3 Å². The molecule has 4 rings (SSSR count). The number of nitrogens with zero attached hydrogens (tertiary/aromatic N) is 2. The van der Waals surface area contributed by atoms with Gasteiger partial charge in [-0.2, -0.15) is 0 Å². The van der Waals surface area contributed by atoms with E-state index >= 15 is 0 Å². The van der Waals surface area contributed by atoms with Gasteiger partial charge in [0.2, 0.25) is 0 Å². The highest BCUT2D eigenvalue weighted by Gasteiger charge is 2.23. The Balaban J connectivity index is 1.74. The summed E-state index contributed by atoms with van der Waals surface area (Å²) in [7, 11) is 0. The Kier molecular flexibility index (Phi) is 4.99. The number of hydrogen-bond donors (Lipinski definition) is 0. The molecule has 0 aliphatic heterocycles. The molecule has 0 fully saturated rings. The fourth-order valence-electron chi connectivity index (χ4n) is 3.16. The van der Waals surface area contributed by atoms with Gasteiger partial charge in [-0.15, -0.1) is 0 Å². The van der Waals surface area contributed by atoms with Crippen molar-refractivity contribution in [1.82, 2.24) is 4.98 Å². The molecule has 142 valence electrons. The lowest BCUT2D eigenvalue weighted by Crippen LogP contribution is -2.14. The predicted molar refractivity (Wildman–Crippen MR) is 109 cm³/mol. The number of benzene rings is 3. The lowest BCUT2D eigenvalue weighted by Gasteiger charge is -2.19. The Morgan fingerprint density at radius 2 is 1.59 bits per heavy atom. The highest BCUT2D eigenvalue weighted by Crippen LogP contribution is 2.31. The molecule has 0 N–H and O–H groups in total. The van der Waals surface area contributed by atoms with E-state index in [-0.39, 0.29) is 11.3 Å². The van der Waals surface area contributed by atoms with Crippen LogP contribution in [0.2, 0.25) is 0 Å². The molecule has 0 aliphatic rings. The van der Waals surface area contributed by atoms with Crippen LogP contribution >= 0.6 is 0 Å². The second-order valence-corrected chi connectivity index (χ2v) is 6.42. The van der Waals surface area contributed by atoms with Crippen LogP contribution < -0.4 is 0 Å². The van der Waals surface area contributed by atoms with Crippen molar-refractivity contribution in [2.75, 3.05) is 0 Å². The Labute approximate surface area is 166 Å². The molecule has 3 aromatic carbocycles. The van der Waals surface area contributed by atoms with E-state index in [0.29, 0.717) is 5.69 Å². The molecule has 29 heavy (non-hydrogen) atoms. The lowest BCUT2D eigenvalue weighted by atomic mass is 10.0. The van der Waals surface area contributed by atoms with E-state index in [2.05, 4.69) is 4.98 Å². The average molecular weight is 384 g/mol. The second kappa shape index (κ2) is 7.90. The Hall–Kier alpha value is -4.06. The fraction of sp³-hybridized carbons (Fsp3) is 0.0435. The van der Waals surface area contributed by atoms with E-state index in [4.69, 9.17) is 4.74 Å². The fourth-order valence-corrected chi connectivity index (χ4v) is 3.16. The van der Waals surface area contributed by atoms with Crippen LogP contribution in [0.5, 0.6) is 0 Å². The molecule has 0 radical (unpaired) electrons. The van der Waals surface area contributed by atoms with Crippen molar-refractivity contribution in [1.29, 1.82) is 0 Å². The predicted octanol–water partition coefficient (Wildman–Crippen LogP) is 5.09. The van der Waals surface area contributed by atoms with Gasteiger partial charge in [-0.05, 0) is 29.1 Å². The highest BCUT2D eigenvalue weighted by atomic mass is 16.6. The molecule has 0 saturated heterocycles. The first-order valence-corrected chi connectivity index (χ1v) is 8.97. The molecule has 0 aliphatic carbocycles. The zero-order valence-corrected chi connectivity index (χ0v) is 15.3. The van der Waals surface area contributed by atoms with E-state index in [0.717, 1.165) is 16.3 Å². The first-order chi connectivity index (χ1) is 14.1. The third-order valence-corrected chi connectivity index (χ3v) is 4.59. The van der Waals surface area contributed by atoms with E-state index in [1.54, 1.807) is 6.20 Å². The Bertz CT molecular complexity index is 1170. The Morgan fingerprint density at radius 1 is 0.897 bits per heavy atom. The van der Waals surface area contributed by atoms with Crippen LogP contribution in [0.3, 0.4) is 0 Å². The smallest absolute Gasteiger partial charge is 0.339 e. The summed E-state index contributed by atoms with van der Waals surface area (Å²) in [6.07, 6.45) is 0.970. The van der Waals surface area contributed by atoms with Crippen molar-refractivity contribution in [2.45, 2.75) is 6.10 Å². The standard InChI is InChI=1S/C23H16N2O4/c26-23(18-10-12-19(13-11-18)25(27)28)29-22(17-7-2-1-3-8-17)21-20-9-5-4-6-16(20)14-15-24-21/h1-15,22H/t22-/m1/s1. The van der Waals surface area contributed by atoms with Gasteiger partial charge >= 0.3 is 5.97 Å². The van der Waals surface area contributed by atoms with Crippen LogP contribution in [-0.4, -0.2) is 15.9 Å². The first-order valence-electron chi connectivity index (χ1n) is 8.97. The van der Waals surface area contributed by atoms with E-state index in [1.165, 1.54) is 24.3 Å². The monoisotopic (exact) mass is 384 g/mol. The summed E-state index contributed by atoms with van der Waals surface area (Å²) in [5, 5.41) is 12.7. The van der Waals surface area contributed by atoms with Crippen LogP contribution in [0.15, 0.2) is 91.1 Å². The maximum Gasteiger partial charge on any atom is 0.339 e. The van der Waals surface area contributed by atoms with Crippen LogP contribution in [0, 0.1) is 10.1 Å². The third-order valence-electron chi connectivity index (χ3n) is 4.59. The van der Waals surface area contributed by atoms with Crippen molar-refractivity contribution < 1.29 is 14.5 Å². The number of rotatable bonds is 5. The van der Waals surface area contributed by atoms with Crippen LogP contribution in [0.4, 0.5) is 5.69 Å². The summed E-state index contributed by atoms with van der Waals surface area (Å²) in [4.78, 5) is 27.6. The molecule has 0 saturated carbocycles. The SMILES string of the molecule is O=C(O[C@H](c1ccccc1)c1nccc2ccccc12)c1ccc([N+](=O)[O-])cc1. The van der Waals surface area contributed by atoms with Gasteiger partial charge in [-0.25, -0.2) is 4.79 Å². The first kappa shape index (κ1) is 18.3. The molecule has 1 aromatic heterocycles. The maximum absolute atomic E-state index is 12.8. The van der Waals surface area contributed by atoms with Crippen molar-refractivity contribution in [3.63, 3.8) is 0 Å². The molecule has 4 aromatic rings. The number of fused-ring (bicyclic) bond motifs is 1. The number of nitro benzene ring substituents is 1. The average Bonchev–Trinajstić information content (AvgIpc) is 2.77. The summed E-state index contributed by atoms with van der Waals surface area (Å²) in [5.41, 5.74) is 1.56. The quantitative estimate of drug-likeness (QED) is 0.272. The summed E-state index contributed by atoms with van der Waals surface area (Å²) >= 11 is 0. The number of nitro groups is 1. The van der Waals surface area contributed by atoms with Gasteiger partial charge in [0, 0.05) is 23.7 Å². The zero-order chi connectivity index (χ0) is 20.2. The number of carbonyl (C=O) groups excluding carboxylic acids is 1. The Morgan fingerprint density at radius 3 is 2.31 bits per heavy atom. The minimum absolute atomic E-state index is 0.0862. The number of hydrogen-bond acceptors (Lipinski definition) is 5. The second-order valence-electron chi connectivity index (χ2n) is 6.42. The number of pyridine rings is 1. The molecule has 6 nitrogen and oxygen atoms in total. The maximum atomic E-state index is 12.8. The van der Waals surface area contributed by atoms with Gasteiger partial charge in [0.05, 0.1) is 16.2 Å². The third kappa shape index (κ3) is 3.82. The molecule has 6 heteroatoms. The van der Waals surface area contributed by atoms with E-state index in [1.807, 2.05) is 60.7 Å². The van der Waals surface area contributed by atoms with Crippen molar-refractivity contribution in [2.24, 2.45) is 0 Å². The van der Waals surface area contributed by atoms with Crippen LogP contribution in [0.25, 0.3) is 10.8 Å². The summed E-state index contributed by atoms with van der Waals surface area (Å²) < 4.78 is 5.85. The molecule has 0 amide bonds. The van der Waals surface area contributed by atoms with Crippen LogP contribution in [-0.2, 0) is 4.74 Å². The lowest BCUT2D eigenvalue weighted by molar-refractivity contribution is -0.384. The van der Waals surface area contributed by atoms with Crippen molar-refractivity contribution in [3.05, 3.63) is 118 Å². The van der Waals surface area contributed by atoms with Gasteiger partial charge in [0.1, 0.15) is 0 Å². The normalized spacial score (nSPS) is 11.7. The zero-order valence-electron chi connectivity index (χ0n) is 15.3. The molecule has 0 spiro atoms. The van der Waals surface area contributed by atoms with E-state index in [9.17, 15) is 14.9 Å². The summed E-state index contributed by atoms with van der Waals surface area (Å²) in [6.45, 7) is 0. The van der Waals surface area contributed by atoms with Crippen molar-refractivity contribution >= 4 is 22.4 Å². The highest BCUT2D eigenvalue weighted by molar-refractivity contribution is 5.90.